The lowest BCUT2D eigenvalue weighted by Gasteiger charge is -2.22. The van der Waals surface area contributed by atoms with Gasteiger partial charge in [-0.3, -0.25) is 9.59 Å². The van der Waals surface area contributed by atoms with Gasteiger partial charge in [0.15, 0.2) is 0 Å². The summed E-state index contributed by atoms with van der Waals surface area (Å²) in [4.78, 5) is 37.2. The molecule has 2 N–H and O–H groups in total. The Hall–Kier alpha value is -3.67. The molecule has 0 radical (unpaired) electrons. The van der Waals surface area contributed by atoms with Crippen molar-refractivity contribution in [3.8, 4) is 0 Å². The maximum Gasteiger partial charge on any atom is 0.328 e. The summed E-state index contributed by atoms with van der Waals surface area (Å²) in [6.07, 6.45) is 0.590. The van der Waals surface area contributed by atoms with Gasteiger partial charge in [-0.15, -0.1) is 0 Å². The summed E-state index contributed by atoms with van der Waals surface area (Å²) >= 11 is 0. The molecule has 0 aliphatic carbocycles. The van der Waals surface area contributed by atoms with Crippen LogP contribution >= 0.6 is 0 Å². The van der Waals surface area contributed by atoms with Crippen molar-refractivity contribution < 1.29 is 19.1 Å². The Labute approximate surface area is 181 Å². The number of ether oxygens (including phenoxy) is 1. The van der Waals surface area contributed by atoms with E-state index in [0.717, 1.165) is 21.9 Å². The topological polar surface area (TPSA) is 84.5 Å². The average molecular weight is 418 g/mol. The molecule has 0 spiro atoms. The fraction of sp³-hybridized carbons (Fsp3) is 0.240. The van der Waals surface area contributed by atoms with Crippen LogP contribution in [0.1, 0.15) is 18.1 Å². The van der Waals surface area contributed by atoms with Crippen LogP contribution in [0.4, 0.5) is 0 Å². The molecule has 3 rings (SSSR count). The van der Waals surface area contributed by atoms with Crippen molar-refractivity contribution >= 4 is 28.6 Å². The van der Waals surface area contributed by atoms with Gasteiger partial charge in [0, 0.05) is 19.8 Å². The van der Waals surface area contributed by atoms with Crippen molar-refractivity contribution in [1.82, 2.24) is 10.6 Å². The van der Waals surface area contributed by atoms with Gasteiger partial charge in [-0.05, 0) is 21.9 Å². The Morgan fingerprint density at radius 3 is 2.19 bits per heavy atom. The number of hydrogen-bond acceptors (Lipinski definition) is 4. The van der Waals surface area contributed by atoms with Gasteiger partial charge in [0.25, 0.3) is 0 Å². The molecule has 0 aliphatic rings. The summed E-state index contributed by atoms with van der Waals surface area (Å²) in [7, 11) is 1.29. The number of rotatable bonds is 8. The first kappa shape index (κ1) is 22.0. The summed E-state index contributed by atoms with van der Waals surface area (Å²) in [5.74, 6) is -1.29. The maximum absolute atomic E-state index is 13.0. The predicted octanol–water partition coefficient (Wildman–Crippen LogP) is 2.79. The zero-order valence-corrected chi connectivity index (χ0v) is 17.6. The molecular formula is C25H26N2O4. The van der Waals surface area contributed by atoms with E-state index >= 15 is 0 Å². The van der Waals surface area contributed by atoms with E-state index in [1.807, 2.05) is 72.8 Å². The van der Waals surface area contributed by atoms with Crippen molar-refractivity contribution in [2.75, 3.05) is 7.11 Å². The van der Waals surface area contributed by atoms with Gasteiger partial charge in [-0.1, -0.05) is 72.8 Å². The lowest BCUT2D eigenvalue weighted by atomic mass is 9.98. The SMILES string of the molecule is COC(=O)[C@@H](Cc1cccc2ccccc12)NC(=O)[C@H](Cc1ccccc1)NC(C)=O. The van der Waals surface area contributed by atoms with Gasteiger partial charge in [-0.25, -0.2) is 4.79 Å². The number of benzene rings is 3. The van der Waals surface area contributed by atoms with Crippen molar-refractivity contribution in [2.45, 2.75) is 31.8 Å². The van der Waals surface area contributed by atoms with E-state index in [1.165, 1.54) is 14.0 Å². The first-order valence-electron chi connectivity index (χ1n) is 10.1. The zero-order valence-electron chi connectivity index (χ0n) is 17.6. The van der Waals surface area contributed by atoms with Crippen LogP contribution in [0.2, 0.25) is 0 Å². The second-order valence-corrected chi connectivity index (χ2v) is 7.37. The van der Waals surface area contributed by atoms with Crippen LogP contribution in [0.3, 0.4) is 0 Å². The van der Waals surface area contributed by atoms with Crippen LogP contribution < -0.4 is 10.6 Å². The van der Waals surface area contributed by atoms with Crippen molar-refractivity contribution in [3.63, 3.8) is 0 Å². The molecule has 6 nitrogen and oxygen atoms in total. The molecule has 0 fully saturated rings. The molecule has 0 saturated heterocycles. The number of carbonyl (C=O) groups excluding carboxylic acids is 3. The molecule has 0 aromatic heterocycles. The Morgan fingerprint density at radius 1 is 0.806 bits per heavy atom. The smallest absolute Gasteiger partial charge is 0.328 e. The van der Waals surface area contributed by atoms with Crippen molar-refractivity contribution in [1.29, 1.82) is 0 Å². The fourth-order valence-corrected chi connectivity index (χ4v) is 3.60. The molecular weight excluding hydrogens is 392 g/mol. The number of carbonyl (C=O) groups is 3. The van der Waals surface area contributed by atoms with Gasteiger partial charge in [0.1, 0.15) is 12.1 Å². The van der Waals surface area contributed by atoms with Crippen molar-refractivity contribution in [3.05, 3.63) is 83.9 Å². The lowest BCUT2D eigenvalue weighted by molar-refractivity contribution is -0.145. The van der Waals surface area contributed by atoms with Crippen LogP contribution in [-0.4, -0.2) is 37.0 Å². The third-order valence-corrected chi connectivity index (χ3v) is 5.08. The predicted molar refractivity (Wildman–Crippen MR) is 119 cm³/mol. The number of amides is 2. The number of methoxy groups -OCH3 is 1. The summed E-state index contributed by atoms with van der Waals surface area (Å²) in [5.41, 5.74) is 1.83. The monoisotopic (exact) mass is 418 g/mol. The standard InChI is InChI=1S/C25H26N2O4/c1-17(28)26-22(15-18-9-4-3-5-10-18)24(29)27-23(25(30)31-2)16-20-13-8-12-19-11-6-7-14-21(19)20/h3-14,22-23H,15-16H2,1-2H3,(H,26,28)(H,27,29)/t22-,23+/m0/s1. The van der Waals surface area contributed by atoms with Gasteiger partial charge in [0.2, 0.25) is 11.8 Å². The Kier molecular flexibility index (Phi) is 7.38. The second-order valence-electron chi connectivity index (χ2n) is 7.37. The molecule has 0 heterocycles. The lowest BCUT2D eigenvalue weighted by Crippen LogP contribution is -2.53. The minimum Gasteiger partial charge on any atom is -0.467 e. The quantitative estimate of drug-likeness (QED) is 0.551. The van der Waals surface area contributed by atoms with Crippen LogP contribution in [-0.2, 0) is 32.0 Å². The summed E-state index contributed by atoms with van der Waals surface area (Å²) in [6, 6.07) is 21.4. The molecule has 6 heteroatoms. The van der Waals surface area contributed by atoms with Gasteiger partial charge in [0.05, 0.1) is 7.11 Å². The van der Waals surface area contributed by atoms with E-state index in [9.17, 15) is 14.4 Å². The van der Waals surface area contributed by atoms with E-state index in [4.69, 9.17) is 4.74 Å². The highest BCUT2D eigenvalue weighted by Crippen LogP contribution is 2.20. The van der Waals surface area contributed by atoms with Crippen LogP contribution in [0, 0.1) is 0 Å². The van der Waals surface area contributed by atoms with Gasteiger partial charge < -0.3 is 15.4 Å². The molecule has 160 valence electrons. The fourth-order valence-electron chi connectivity index (χ4n) is 3.60. The highest BCUT2D eigenvalue weighted by Gasteiger charge is 2.27. The molecule has 3 aromatic rings. The van der Waals surface area contributed by atoms with Crippen LogP contribution in [0.25, 0.3) is 10.8 Å². The summed E-state index contributed by atoms with van der Waals surface area (Å²) in [6.45, 7) is 1.36. The summed E-state index contributed by atoms with van der Waals surface area (Å²) in [5, 5.41) is 7.52. The Morgan fingerprint density at radius 2 is 1.48 bits per heavy atom. The molecule has 3 aromatic carbocycles. The van der Waals surface area contributed by atoms with Gasteiger partial charge in [-0.2, -0.15) is 0 Å². The first-order valence-corrected chi connectivity index (χ1v) is 10.1. The normalized spacial score (nSPS) is 12.6. The minimum absolute atomic E-state index is 0.276. The molecule has 0 saturated carbocycles. The highest BCUT2D eigenvalue weighted by atomic mass is 16.5. The maximum atomic E-state index is 13.0. The molecule has 2 amide bonds. The largest absolute Gasteiger partial charge is 0.467 e. The molecule has 0 aliphatic heterocycles. The minimum atomic E-state index is -0.879. The van der Waals surface area contributed by atoms with E-state index in [1.54, 1.807) is 0 Å². The third kappa shape index (κ3) is 5.92. The van der Waals surface area contributed by atoms with E-state index in [2.05, 4.69) is 10.6 Å². The van der Waals surface area contributed by atoms with Crippen LogP contribution in [0.15, 0.2) is 72.8 Å². The van der Waals surface area contributed by atoms with E-state index < -0.39 is 24.0 Å². The zero-order chi connectivity index (χ0) is 22.2. The molecule has 0 unspecified atom stereocenters. The van der Waals surface area contributed by atoms with Crippen molar-refractivity contribution in [2.24, 2.45) is 0 Å². The number of nitrogens with one attached hydrogen (secondary N) is 2. The van der Waals surface area contributed by atoms with E-state index in [0.29, 0.717) is 6.42 Å². The molecule has 2 atom stereocenters. The average Bonchev–Trinajstić information content (AvgIpc) is 2.78. The van der Waals surface area contributed by atoms with Crippen LogP contribution in [0.5, 0.6) is 0 Å². The summed E-state index contributed by atoms with van der Waals surface area (Å²) < 4.78 is 4.94. The Balaban J connectivity index is 1.81. The number of esters is 1. The highest BCUT2D eigenvalue weighted by molar-refractivity contribution is 5.91. The number of fused-ring (bicyclic) bond motifs is 1. The third-order valence-electron chi connectivity index (χ3n) is 5.08. The molecule has 31 heavy (non-hydrogen) atoms. The Bertz CT molecular complexity index is 1060. The van der Waals surface area contributed by atoms with Gasteiger partial charge >= 0.3 is 5.97 Å². The second kappa shape index (κ2) is 10.4. The molecule has 0 bridgehead atoms. The number of hydrogen-bond donors (Lipinski definition) is 2. The first-order chi connectivity index (χ1) is 15.0. The van der Waals surface area contributed by atoms with E-state index in [-0.39, 0.29) is 12.3 Å².